The van der Waals surface area contributed by atoms with Crippen LogP contribution >= 0.6 is 0 Å². The van der Waals surface area contributed by atoms with Gasteiger partial charge in [-0.3, -0.25) is 9.97 Å². The van der Waals surface area contributed by atoms with E-state index in [9.17, 15) is 0 Å². The summed E-state index contributed by atoms with van der Waals surface area (Å²) in [5.41, 5.74) is 5.31. The van der Waals surface area contributed by atoms with Gasteiger partial charge < -0.3 is 0 Å². The zero-order valence-electron chi connectivity index (χ0n) is 15.4. The van der Waals surface area contributed by atoms with Crippen molar-refractivity contribution in [1.29, 1.82) is 0 Å². The third kappa shape index (κ3) is 5.97. The Labute approximate surface area is 136 Å². The number of nitrogens with zero attached hydrogens (tertiary/aromatic N) is 2. The van der Waals surface area contributed by atoms with E-state index in [4.69, 9.17) is 0 Å². The molecule has 0 N–H and O–H groups in total. The zero-order chi connectivity index (χ0) is 17.0. The summed E-state index contributed by atoms with van der Waals surface area (Å²) in [6.45, 7) is 17.3. The first-order valence-corrected chi connectivity index (χ1v) is 7.86. The zero-order valence-corrected chi connectivity index (χ0v) is 15.4. The molecule has 0 bridgehead atoms. The highest BCUT2D eigenvalue weighted by Gasteiger charge is 2.14. The third-order valence-electron chi connectivity index (χ3n) is 3.45. The molecule has 0 saturated carbocycles. The van der Waals surface area contributed by atoms with Gasteiger partial charge in [-0.1, -0.05) is 41.5 Å². The number of rotatable bonds is 0. The van der Waals surface area contributed by atoms with Gasteiger partial charge in [0.15, 0.2) is 0 Å². The molecule has 120 valence electrons. The maximum atomic E-state index is 4.31. The van der Waals surface area contributed by atoms with E-state index in [1.165, 1.54) is 11.1 Å². The van der Waals surface area contributed by atoms with E-state index in [0.29, 0.717) is 0 Å². The van der Waals surface area contributed by atoms with Gasteiger partial charge in [0.1, 0.15) is 0 Å². The number of hydrogen-bond acceptors (Lipinski definition) is 2. The minimum Gasteiger partial charge on any atom is -0.262 e. The van der Waals surface area contributed by atoms with Crippen LogP contribution in [0.25, 0.3) is 0 Å². The van der Waals surface area contributed by atoms with Crippen LogP contribution in [0, 0.1) is 13.8 Å². The quantitative estimate of drug-likeness (QED) is 0.653. The standard InChI is InChI=1S/2C10H15N/c1-8-7-9(5-6-11-8)10(2,3)4;1-8-5-6-11-9(7-8)10(2,3)4/h2*5-7H,1-4H3. The lowest BCUT2D eigenvalue weighted by Gasteiger charge is -2.18. The average Bonchev–Trinajstić information content (AvgIpc) is 2.37. The second-order valence-corrected chi connectivity index (χ2v) is 7.90. The Kier molecular flexibility index (Phi) is 5.87. The van der Waals surface area contributed by atoms with E-state index in [-0.39, 0.29) is 10.8 Å². The van der Waals surface area contributed by atoms with Crippen molar-refractivity contribution in [1.82, 2.24) is 9.97 Å². The van der Waals surface area contributed by atoms with Gasteiger partial charge in [0.05, 0.1) is 0 Å². The molecule has 2 heteroatoms. The second-order valence-electron chi connectivity index (χ2n) is 7.90. The molecule has 0 atom stereocenters. The molecule has 0 spiro atoms. The molecular formula is C20H30N2. The molecule has 0 aromatic carbocycles. The topological polar surface area (TPSA) is 25.8 Å². The lowest BCUT2D eigenvalue weighted by Crippen LogP contribution is -2.13. The van der Waals surface area contributed by atoms with Gasteiger partial charge in [-0.25, -0.2) is 0 Å². The number of aryl methyl sites for hydroxylation is 2. The predicted molar refractivity (Wildman–Crippen MR) is 95.3 cm³/mol. The molecule has 0 aliphatic heterocycles. The fourth-order valence-electron chi connectivity index (χ4n) is 1.96. The first-order valence-electron chi connectivity index (χ1n) is 7.86. The van der Waals surface area contributed by atoms with Gasteiger partial charge >= 0.3 is 0 Å². The molecule has 22 heavy (non-hydrogen) atoms. The van der Waals surface area contributed by atoms with Crippen LogP contribution in [0.5, 0.6) is 0 Å². The summed E-state index contributed by atoms with van der Waals surface area (Å²) in [5, 5.41) is 0. The normalized spacial score (nSPS) is 11.6. The van der Waals surface area contributed by atoms with Crippen LogP contribution in [0.4, 0.5) is 0 Å². The summed E-state index contributed by atoms with van der Waals surface area (Å²) >= 11 is 0. The molecule has 0 aliphatic carbocycles. The maximum Gasteiger partial charge on any atom is 0.0459 e. The van der Waals surface area contributed by atoms with E-state index in [1.807, 2.05) is 25.4 Å². The number of hydrogen-bond donors (Lipinski definition) is 0. The van der Waals surface area contributed by atoms with Crippen molar-refractivity contribution in [3.8, 4) is 0 Å². The largest absolute Gasteiger partial charge is 0.262 e. The summed E-state index contributed by atoms with van der Waals surface area (Å²) in [4.78, 5) is 8.46. The first kappa shape index (κ1) is 18.3. The Bertz CT molecular complexity index is 546. The van der Waals surface area contributed by atoms with E-state index in [1.54, 1.807) is 0 Å². The average molecular weight is 298 g/mol. The van der Waals surface area contributed by atoms with E-state index >= 15 is 0 Å². The van der Waals surface area contributed by atoms with Crippen molar-refractivity contribution in [3.05, 3.63) is 59.2 Å². The van der Waals surface area contributed by atoms with Gasteiger partial charge in [0.2, 0.25) is 0 Å². The Balaban J connectivity index is 0.000000220. The van der Waals surface area contributed by atoms with Crippen LogP contribution in [0.3, 0.4) is 0 Å². The van der Waals surface area contributed by atoms with Gasteiger partial charge in [-0.2, -0.15) is 0 Å². The van der Waals surface area contributed by atoms with Gasteiger partial charge in [0, 0.05) is 29.2 Å². The Morgan fingerprint density at radius 2 is 1.32 bits per heavy atom. The molecular weight excluding hydrogens is 268 g/mol. The lowest BCUT2D eigenvalue weighted by atomic mass is 9.87. The van der Waals surface area contributed by atoms with Crippen molar-refractivity contribution in [2.45, 2.75) is 66.2 Å². The maximum absolute atomic E-state index is 4.31. The van der Waals surface area contributed by atoms with Crippen LogP contribution < -0.4 is 0 Å². The van der Waals surface area contributed by atoms with Crippen LogP contribution in [0.1, 0.15) is 64.1 Å². The summed E-state index contributed by atoms with van der Waals surface area (Å²) in [7, 11) is 0. The summed E-state index contributed by atoms with van der Waals surface area (Å²) in [6, 6.07) is 8.38. The van der Waals surface area contributed by atoms with E-state index in [0.717, 1.165) is 11.4 Å². The fraction of sp³-hybridized carbons (Fsp3) is 0.500. The third-order valence-corrected chi connectivity index (χ3v) is 3.45. The SMILES string of the molecule is Cc1cc(C(C)(C)C)ccn1.Cc1ccnc(C(C)(C)C)c1. The van der Waals surface area contributed by atoms with Crippen molar-refractivity contribution in [2.24, 2.45) is 0 Å². The first-order chi connectivity index (χ1) is 10.00. The lowest BCUT2D eigenvalue weighted by molar-refractivity contribution is 0.568. The molecule has 0 fully saturated rings. The molecule has 0 amide bonds. The van der Waals surface area contributed by atoms with E-state index in [2.05, 4.69) is 76.6 Å². The van der Waals surface area contributed by atoms with Gasteiger partial charge in [0.25, 0.3) is 0 Å². The highest BCUT2D eigenvalue weighted by Crippen LogP contribution is 2.21. The van der Waals surface area contributed by atoms with Crippen molar-refractivity contribution >= 4 is 0 Å². The molecule has 2 aromatic heterocycles. The summed E-state index contributed by atoms with van der Waals surface area (Å²) < 4.78 is 0. The molecule has 2 aromatic rings. The molecule has 0 saturated heterocycles. The molecule has 0 unspecified atom stereocenters. The number of pyridine rings is 2. The van der Waals surface area contributed by atoms with Crippen molar-refractivity contribution in [2.75, 3.05) is 0 Å². The van der Waals surface area contributed by atoms with Crippen LogP contribution in [-0.4, -0.2) is 9.97 Å². The molecule has 0 aliphatic rings. The van der Waals surface area contributed by atoms with Gasteiger partial charge in [-0.05, 0) is 54.7 Å². The van der Waals surface area contributed by atoms with Crippen molar-refractivity contribution in [3.63, 3.8) is 0 Å². The monoisotopic (exact) mass is 298 g/mol. The Hall–Kier alpha value is -1.70. The molecule has 0 radical (unpaired) electrons. The molecule has 2 nitrogen and oxygen atoms in total. The highest BCUT2D eigenvalue weighted by atomic mass is 14.7. The minimum absolute atomic E-state index is 0.173. The van der Waals surface area contributed by atoms with Crippen LogP contribution in [0.15, 0.2) is 36.7 Å². The predicted octanol–water partition coefficient (Wildman–Crippen LogP) is 5.38. The molecule has 2 heterocycles. The van der Waals surface area contributed by atoms with Crippen molar-refractivity contribution < 1.29 is 0 Å². The summed E-state index contributed by atoms with van der Waals surface area (Å²) in [5.74, 6) is 0. The van der Waals surface area contributed by atoms with Crippen LogP contribution in [0.2, 0.25) is 0 Å². The molecule has 2 rings (SSSR count). The fourth-order valence-corrected chi connectivity index (χ4v) is 1.96. The Morgan fingerprint density at radius 3 is 1.68 bits per heavy atom. The highest BCUT2D eigenvalue weighted by molar-refractivity contribution is 5.22. The van der Waals surface area contributed by atoms with E-state index < -0.39 is 0 Å². The minimum atomic E-state index is 0.173. The van der Waals surface area contributed by atoms with Crippen LogP contribution in [-0.2, 0) is 10.8 Å². The second kappa shape index (κ2) is 7.04. The summed E-state index contributed by atoms with van der Waals surface area (Å²) in [6.07, 6.45) is 3.74. The number of aromatic nitrogens is 2. The smallest absolute Gasteiger partial charge is 0.0459 e. The van der Waals surface area contributed by atoms with Gasteiger partial charge in [-0.15, -0.1) is 0 Å². The Morgan fingerprint density at radius 1 is 0.727 bits per heavy atom.